The van der Waals surface area contributed by atoms with E-state index in [2.05, 4.69) is 4.74 Å². The van der Waals surface area contributed by atoms with Crippen molar-refractivity contribution in [2.45, 2.75) is 19.8 Å². The fourth-order valence-electron chi connectivity index (χ4n) is 2.56. The van der Waals surface area contributed by atoms with E-state index in [1.165, 1.54) is 26.4 Å². The Balaban J connectivity index is 1.94. The van der Waals surface area contributed by atoms with Crippen LogP contribution in [0.15, 0.2) is 48.0 Å². The first-order chi connectivity index (χ1) is 14.5. The van der Waals surface area contributed by atoms with Crippen LogP contribution in [0.1, 0.15) is 24.0 Å². The average Bonchev–Trinajstić information content (AvgIpc) is 2.75. The SMILES string of the molecule is COC(=O)/C(C#N)=C/c1ccc(OC(=O)CCCOc2cccc(C)c2)c(OC)c1. The first-order valence-electron chi connectivity index (χ1n) is 9.25. The molecule has 2 rings (SSSR count). The van der Waals surface area contributed by atoms with Crippen LogP contribution in [0, 0.1) is 18.3 Å². The highest BCUT2D eigenvalue weighted by Gasteiger charge is 2.13. The molecular formula is C23H23NO6. The van der Waals surface area contributed by atoms with Crippen molar-refractivity contribution in [1.29, 1.82) is 5.26 Å². The molecule has 0 heterocycles. The molecule has 0 N–H and O–H groups in total. The molecule has 0 aliphatic carbocycles. The van der Waals surface area contributed by atoms with E-state index in [1.807, 2.05) is 31.2 Å². The van der Waals surface area contributed by atoms with E-state index in [0.29, 0.717) is 24.3 Å². The maximum absolute atomic E-state index is 12.1. The van der Waals surface area contributed by atoms with Crippen molar-refractivity contribution in [3.8, 4) is 23.3 Å². The number of ether oxygens (including phenoxy) is 4. The average molecular weight is 409 g/mol. The van der Waals surface area contributed by atoms with E-state index in [-0.39, 0.29) is 17.7 Å². The molecule has 7 heteroatoms. The zero-order valence-electron chi connectivity index (χ0n) is 17.1. The maximum atomic E-state index is 12.1. The highest BCUT2D eigenvalue weighted by atomic mass is 16.6. The maximum Gasteiger partial charge on any atom is 0.348 e. The van der Waals surface area contributed by atoms with Gasteiger partial charge in [-0.05, 0) is 54.8 Å². The smallest absolute Gasteiger partial charge is 0.348 e. The van der Waals surface area contributed by atoms with Crippen molar-refractivity contribution in [1.82, 2.24) is 0 Å². The minimum absolute atomic E-state index is 0.155. The lowest BCUT2D eigenvalue weighted by molar-refractivity contribution is -0.136. The molecule has 7 nitrogen and oxygen atoms in total. The Labute approximate surface area is 175 Å². The first-order valence-corrected chi connectivity index (χ1v) is 9.25. The highest BCUT2D eigenvalue weighted by Crippen LogP contribution is 2.29. The van der Waals surface area contributed by atoms with Gasteiger partial charge in [0, 0.05) is 6.42 Å². The fraction of sp³-hybridized carbons (Fsp3) is 0.261. The molecule has 2 aromatic carbocycles. The molecular weight excluding hydrogens is 386 g/mol. The Kier molecular flexibility index (Phi) is 8.45. The number of benzene rings is 2. The summed E-state index contributed by atoms with van der Waals surface area (Å²) in [4.78, 5) is 23.7. The second kappa shape index (κ2) is 11.3. The standard InChI is InChI=1S/C23H23NO6/c1-16-6-4-7-19(12-16)29-11-5-8-22(25)30-20-10-9-17(14-21(20)27-2)13-18(15-24)23(26)28-3/h4,6-7,9-10,12-14H,5,8,11H2,1-3H3/b18-13+. The van der Waals surface area contributed by atoms with Crippen molar-refractivity contribution in [2.24, 2.45) is 0 Å². The number of hydrogen-bond acceptors (Lipinski definition) is 7. The van der Waals surface area contributed by atoms with Gasteiger partial charge < -0.3 is 18.9 Å². The normalized spacial score (nSPS) is 10.7. The number of nitriles is 1. The van der Waals surface area contributed by atoms with Crippen LogP contribution in [0.2, 0.25) is 0 Å². The molecule has 0 saturated heterocycles. The summed E-state index contributed by atoms with van der Waals surface area (Å²) in [5.41, 5.74) is 1.48. The number of nitrogens with zero attached hydrogens (tertiary/aromatic N) is 1. The van der Waals surface area contributed by atoms with E-state index in [1.54, 1.807) is 18.2 Å². The molecule has 0 saturated carbocycles. The van der Waals surface area contributed by atoms with Gasteiger partial charge in [-0.15, -0.1) is 0 Å². The van der Waals surface area contributed by atoms with Gasteiger partial charge >= 0.3 is 11.9 Å². The van der Waals surface area contributed by atoms with E-state index in [0.717, 1.165) is 11.3 Å². The van der Waals surface area contributed by atoms with Crippen molar-refractivity contribution in [2.75, 3.05) is 20.8 Å². The number of aryl methyl sites for hydroxylation is 1. The Morgan fingerprint density at radius 1 is 1.10 bits per heavy atom. The molecule has 0 radical (unpaired) electrons. The predicted molar refractivity (Wildman–Crippen MR) is 110 cm³/mol. The second-order valence-electron chi connectivity index (χ2n) is 6.31. The second-order valence-corrected chi connectivity index (χ2v) is 6.31. The monoisotopic (exact) mass is 409 g/mol. The molecule has 0 spiro atoms. The van der Waals surface area contributed by atoms with Gasteiger partial charge in [-0.2, -0.15) is 5.26 Å². The van der Waals surface area contributed by atoms with E-state index in [9.17, 15) is 9.59 Å². The van der Waals surface area contributed by atoms with Gasteiger partial charge in [0.15, 0.2) is 11.5 Å². The lowest BCUT2D eigenvalue weighted by Gasteiger charge is -2.10. The number of hydrogen-bond donors (Lipinski definition) is 0. The third-order valence-electron chi connectivity index (χ3n) is 4.03. The summed E-state index contributed by atoms with van der Waals surface area (Å²) in [5.74, 6) is 0.153. The van der Waals surface area contributed by atoms with Crippen LogP contribution >= 0.6 is 0 Å². The summed E-state index contributed by atoms with van der Waals surface area (Å²) in [6.45, 7) is 2.37. The minimum Gasteiger partial charge on any atom is -0.494 e. The largest absolute Gasteiger partial charge is 0.494 e. The van der Waals surface area contributed by atoms with Gasteiger partial charge in [-0.1, -0.05) is 18.2 Å². The van der Waals surface area contributed by atoms with Gasteiger partial charge in [-0.3, -0.25) is 4.79 Å². The zero-order valence-corrected chi connectivity index (χ0v) is 17.1. The fourth-order valence-corrected chi connectivity index (χ4v) is 2.56. The van der Waals surface area contributed by atoms with Crippen molar-refractivity contribution < 1.29 is 28.5 Å². The van der Waals surface area contributed by atoms with Crippen LogP contribution in [-0.2, 0) is 14.3 Å². The quantitative estimate of drug-likeness (QED) is 0.204. The molecule has 0 fully saturated rings. The van der Waals surface area contributed by atoms with Crippen LogP contribution in [0.25, 0.3) is 6.08 Å². The molecule has 0 aromatic heterocycles. The predicted octanol–water partition coefficient (Wildman–Crippen LogP) is 3.85. The number of carbonyl (C=O) groups is 2. The first kappa shape index (κ1) is 22.5. The topological polar surface area (TPSA) is 94.9 Å². The minimum atomic E-state index is -0.736. The van der Waals surface area contributed by atoms with E-state index >= 15 is 0 Å². The van der Waals surface area contributed by atoms with Gasteiger partial charge in [0.1, 0.15) is 17.4 Å². The van der Waals surface area contributed by atoms with Crippen molar-refractivity contribution in [3.63, 3.8) is 0 Å². The van der Waals surface area contributed by atoms with Gasteiger partial charge in [0.2, 0.25) is 0 Å². The van der Waals surface area contributed by atoms with Crippen LogP contribution in [0.5, 0.6) is 17.2 Å². The zero-order chi connectivity index (χ0) is 21.9. The number of rotatable bonds is 9. The molecule has 156 valence electrons. The summed E-state index contributed by atoms with van der Waals surface area (Å²) in [7, 11) is 2.63. The Hall–Kier alpha value is -3.79. The summed E-state index contributed by atoms with van der Waals surface area (Å²) >= 11 is 0. The lowest BCUT2D eigenvalue weighted by Crippen LogP contribution is -2.10. The summed E-state index contributed by atoms with van der Waals surface area (Å²) in [6.07, 6.45) is 2.04. The van der Waals surface area contributed by atoms with E-state index in [4.69, 9.17) is 19.5 Å². The highest BCUT2D eigenvalue weighted by molar-refractivity contribution is 5.97. The molecule has 2 aromatic rings. The van der Waals surface area contributed by atoms with Crippen LogP contribution < -0.4 is 14.2 Å². The summed E-state index contributed by atoms with van der Waals surface area (Å²) < 4.78 is 20.8. The molecule has 0 atom stereocenters. The Morgan fingerprint density at radius 3 is 2.57 bits per heavy atom. The molecule has 0 unspecified atom stereocenters. The number of methoxy groups -OCH3 is 2. The summed E-state index contributed by atoms with van der Waals surface area (Å²) in [5, 5.41) is 9.05. The third-order valence-corrected chi connectivity index (χ3v) is 4.03. The molecule has 0 bridgehead atoms. The summed E-state index contributed by atoms with van der Waals surface area (Å²) in [6, 6.07) is 14.2. The van der Waals surface area contributed by atoms with Crippen molar-refractivity contribution >= 4 is 18.0 Å². The van der Waals surface area contributed by atoms with Crippen LogP contribution in [0.4, 0.5) is 0 Å². The Morgan fingerprint density at radius 2 is 1.90 bits per heavy atom. The molecule has 30 heavy (non-hydrogen) atoms. The van der Waals surface area contributed by atoms with Crippen LogP contribution in [-0.4, -0.2) is 32.8 Å². The molecule has 0 amide bonds. The third kappa shape index (κ3) is 6.67. The lowest BCUT2D eigenvalue weighted by atomic mass is 10.1. The van der Waals surface area contributed by atoms with Gasteiger partial charge in [0.25, 0.3) is 0 Å². The van der Waals surface area contributed by atoms with Crippen LogP contribution in [0.3, 0.4) is 0 Å². The Bertz CT molecular complexity index is 974. The van der Waals surface area contributed by atoms with Gasteiger partial charge in [-0.25, -0.2) is 4.79 Å². The molecule has 0 aliphatic rings. The van der Waals surface area contributed by atoms with E-state index < -0.39 is 11.9 Å². The number of carbonyl (C=O) groups excluding carboxylic acids is 2. The van der Waals surface area contributed by atoms with Crippen molar-refractivity contribution in [3.05, 3.63) is 59.2 Å². The van der Waals surface area contributed by atoms with Gasteiger partial charge in [0.05, 0.1) is 20.8 Å². The number of esters is 2. The molecule has 0 aliphatic heterocycles.